The van der Waals surface area contributed by atoms with E-state index in [1.165, 1.54) is 20.0 Å². The Morgan fingerprint density at radius 3 is 2.69 bits per heavy atom. The molecule has 13 heavy (non-hydrogen) atoms. The molecule has 0 radical (unpaired) electrons. The predicted molar refractivity (Wildman–Crippen MR) is 48.7 cm³/mol. The van der Waals surface area contributed by atoms with Gasteiger partial charge in [0, 0.05) is 13.7 Å². The molecule has 1 atom stereocenters. The first-order chi connectivity index (χ1) is 6.15. The maximum absolute atomic E-state index is 10.8. The minimum absolute atomic E-state index is 0.262. The number of aliphatic carboxylic acids is 1. The molecular formula is C9H17NO3. The Labute approximate surface area is 78.5 Å². The van der Waals surface area contributed by atoms with Crippen LogP contribution in [0.1, 0.15) is 12.8 Å². The van der Waals surface area contributed by atoms with Crippen LogP contribution < -0.4 is 0 Å². The molecular weight excluding hydrogens is 170 g/mol. The van der Waals surface area contributed by atoms with Gasteiger partial charge in [0.25, 0.3) is 0 Å². The van der Waals surface area contributed by atoms with Crippen molar-refractivity contribution in [2.75, 3.05) is 27.3 Å². The molecule has 1 saturated carbocycles. The molecule has 1 unspecified atom stereocenters. The van der Waals surface area contributed by atoms with Crippen molar-refractivity contribution >= 4 is 5.97 Å². The number of carboxylic acid groups (broad SMARTS) is 1. The highest BCUT2D eigenvalue weighted by Crippen LogP contribution is 2.29. The summed E-state index contributed by atoms with van der Waals surface area (Å²) in [4.78, 5) is 12.7. The summed E-state index contributed by atoms with van der Waals surface area (Å²) in [6, 6.07) is -0.495. The summed E-state index contributed by atoms with van der Waals surface area (Å²) in [5.41, 5.74) is 0. The molecule has 1 aliphatic carbocycles. The number of carboxylic acids is 1. The molecule has 0 aliphatic heterocycles. The van der Waals surface area contributed by atoms with Gasteiger partial charge in [-0.1, -0.05) is 0 Å². The fourth-order valence-electron chi connectivity index (χ4n) is 1.38. The molecule has 0 aromatic heterocycles. The second kappa shape index (κ2) is 4.58. The van der Waals surface area contributed by atoms with Crippen LogP contribution in [-0.4, -0.2) is 49.3 Å². The largest absolute Gasteiger partial charge is 0.480 e. The van der Waals surface area contributed by atoms with E-state index in [-0.39, 0.29) is 6.61 Å². The molecule has 0 saturated heterocycles. The average molecular weight is 187 g/mol. The molecule has 0 bridgehead atoms. The van der Waals surface area contributed by atoms with Crippen molar-refractivity contribution in [2.24, 2.45) is 5.92 Å². The molecule has 0 aromatic rings. The molecule has 0 aromatic carbocycles. The van der Waals surface area contributed by atoms with Gasteiger partial charge in [-0.2, -0.15) is 0 Å². The monoisotopic (exact) mass is 187 g/mol. The van der Waals surface area contributed by atoms with E-state index in [0.717, 1.165) is 6.54 Å². The van der Waals surface area contributed by atoms with E-state index >= 15 is 0 Å². The third kappa shape index (κ3) is 3.32. The maximum Gasteiger partial charge on any atom is 0.323 e. The molecule has 76 valence electrons. The smallest absolute Gasteiger partial charge is 0.323 e. The first-order valence-electron chi connectivity index (χ1n) is 4.57. The van der Waals surface area contributed by atoms with Crippen molar-refractivity contribution in [3.63, 3.8) is 0 Å². The summed E-state index contributed by atoms with van der Waals surface area (Å²) in [7, 11) is 3.37. The van der Waals surface area contributed by atoms with E-state index in [9.17, 15) is 4.79 Å². The van der Waals surface area contributed by atoms with Gasteiger partial charge in [0.1, 0.15) is 6.04 Å². The van der Waals surface area contributed by atoms with Crippen LogP contribution in [0.15, 0.2) is 0 Å². The predicted octanol–water partition coefficient (Wildman–Crippen LogP) is 0.428. The zero-order valence-corrected chi connectivity index (χ0v) is 8.19. The Hall–Kier alpha value is -0.610. The van der Waals surface area contributed by atoms with E-state index < -0.39 is 12.0 Å². The lowest BCUT2D eigenvalue weighted by atomic mass is 10.2. The lowest BCUT2D eigenvalue weighted by Crippen LogP contribution is -2.42. The van der Waals surface area contributed by atoms with Crippen molar-refractivity contribution in [3.05, 3.63) is 0 Å². The Balaban J connectivity index is 2.36. The van der Waals surface area contributed by atoms with Crippen LogP contribution in [0, 0.1) is 5.92 Å². The van der Waals surface area contributed by atoms with E-state index in [0.29, 0.717) is 5.92 Å². The standard InChI is InChI=1S/C9H17NO3/c1-10(5-7-3-4-7)8(6-13-2)9(11)12/h7-8H,3-6H2,1-2H3,(H,11,12). The lowest BCUT2D eigenvalue weighted by molar-refractivity contribution is -0.144. The normalized spacial score (nSPS) is 19.0. The van der Waals surface area contributed by atoms with Crippen LogP contribution in [0.25, 0.3) is 0 Å². The Kier molecular flexibility index (Phi) is 3.69. The lowest BCUT2D eigenvalue weighted by Gasteiger charge is -2.23. The molecule has 0 heterocycles. The number of rotatable bonds is 6. The van der Waals surface area contributed by atoms with E-state index in [1.807, 2.05) is 11.9 Å². The summed E-state index contributed by atoms with van der Waals surface area (Å²) >= 11 is 0. The first-order valence-corrected chi connectivity index (χ1v) is 4.57. The first kappa shape index (κ1) is 10.5. The summed E-state index contributed by atoms with van der Waals surface area (Å²) < 4.78 is 4.87. The molecule has 0 spiro atoms. The number of nitrogens with zero attached hydrogens (tertiary/aromatic N) is 1. The number of hydrogen-bond acceptors (Lipinski definition) is 3. The van der Waals surface area contributed by atoms with Crippen molar-refractivity contribution in [3.8, 4) is 0 Å². The zero-order valence-electron chi connectivity index (χ0n) is 8.19. The SMILES string of the molecule is COCC(C(=O)O)N(C)CC1CC1. The van der Waals surface area contributed by atoms with Crippen molar-refractivity contribution in [1.29, 1.82) is 0 Å². The van der Waals surface area contributed by atoms with Gasteiger partial charge in [-0.3, -0.25) is 9.69 Å². The van der Waals surface area contributed by atoms with Crippen LogP contribution >= 0.6 is 0 Å². The Morgan fingerprint density at radius 2 is 2.31 bits per heavy atom. The number of methoxy groups -OCH3 is 1. The molecule has 4 heteroatoms. The fraction of sp³-hybridized carbons (Fsp3) is 0.889. The van der Waals surface area contributed by atoms with Crippen LogP contribution in [0.5, 0.6) is 0 Å². The minimum atomic E-state index is -0.801. The fourth-order valence-corrected chi connectivity index (χ4v) is 1.38. The van der Waals surface area contributed by atoms with Gasteiger partial charge in [-0.05, 0) is 25.8 Å². The molecule has 0 amide bonds. The molecule has 1 fully saturated rings. The van der Waals surface area contributed by atoms with Crippen LogP contribution in [0.2, 0.25) is 0 Å². The summed E-state index contributed by atoms with van der Waals surface area (Å²) in [6.45, 7) is 1.14. The van der Waals surface area contributed by atoms with Crippen LogP contribution in [0.3, 0.4) is 0 Å². The van der Waals surface area contributed by atoms with Crippen LogP contribution in [-0.2, 0) is 9.53 Å². The Morgan fingerprint density at radius 1 is 1.69 bits per heavy atom. The second-order valence-corrected chi connectivity index (χ2v) is 3.69. The van der Waals surface area contributed by atoms with Crippen molar-refractivity contribution < 1.29 is 14.6 Å². The van der Waals surface area contributed by atoms with Crippen LogP contribution in [0.4, 0.5) is 0 Å². The van der Waals surface area contributed by atoms with E-state index in [1.54, 1.807) is 0 Å². The quantitative estimate of drug-likeness (QED) is 0.655. The average Bonchev–Trinajstić information content (AvgIpc) is 2.83. The summed E-state index contributed by atoms with van der Waals surface area (Å²) in [6.07, 6.45) is 2.48. The number of hydrogen-bond donors (Lipinski definition) is 1. The highest BCUT2D eigenvalue weighted by atomic mass is 16.5. The maximum atomic E-state index is 10.8. The van der Waals surface area contributed by atoms with Crippen molar-refractivity contribution in [2.45, 2.75) is 18.9 Å². The molecule has 1 rings (SSSR count). The van der Waals surface area contributed by atoms with Gasteiger partial charge < -0.3 is 9.84 Å². The zero-order chi connectivity index (χ0) is 9.84. The number of carbonyl (C=O) groups is 1. The third-order valence-electron chi connectivity index (χ3n) is 2.38. The number of likely N-dealkylation sites (N-methyl/N-ethyl adjacent to an activating group) is 1. The highest BCUT2D eigenvalue weighted by molar-refractivity contribution is 5.73. The molecule has 4 nitrogen and oxygen atoms in total. The van der Waals surface area contributed by atoms with E-state index in [2.05, 4.69) is 0 Å². The van der Waals surface area contributed by atoms with E-state index in [4.69, 9.17) is 9.84 Å². The van der Waals surface area contributed by atoms with Gasteiger partial charge in [0.05, 0.1) is 6.61 Å². The summed E-state index contributed by atoms with van der Waals surface area (Å²) in [5.74, 6) is -0.0892. The second-order valence-electron chi connectivity index (χ2n) is 3.69. The van der Waals surface area contributed by atoms with Gasteiger partial charge in [0.2, 0.25) is 0 Å². The summed E-state index contributed by atoms with van der Waals surface area (Å²) in [5, 5.41) is 8.89. The van der Waals surface area contributed by atoms with Crippen molar-refractivity contribution in [1.82, 2.24) is 4.90 Å². The van der Waals surface area contributed by atoms with Gasteiger partial charge in [-0.25, -0.2) is 0 Å². The third-order valence-corrected chi connectivity index (χ3v) is 2.38. The Bertz CT molecular complexity index is 180. The van der Waals surface area contributed by atoms with Gasteiger partial charge in [0.15, 0.2) is 0 Å². The highest BCUT2D eigenvalue weighted by Gasteiger charge is 2.29. The molecule has 1 aliphatic rings. The topological polar surface area (TPSA) is 49.8 Å². The number of ether oxygens (including phenoxy) is 1. The van der Waals surface area contributed by atoms with Gasteiger partial charge >= 0.3 is 5.97 Å². The molecule has 1 N–H and O–H groups in total. The minimum Gasteiger partial charge on any atom is -0.480 e. The van der Waals surface area contributed by atoms with Gasteiger partial charge in [-0.15, -0.1) is 0 Å².